The summed E-state index contributed by atoms with van der Waals surface area (Å²) < 4.78 is 0. The molecule has 0 saturated carbocycles. The molecule has 0 bridgehead atoms. The third kappa shape index (κ3) is 2.80. The molecule has 0 heterocycles. The van der Waals surface area contributed by atoms with Gasteiger partial charge in [0.1, 0.15) is 0 Å². The second-order valence-electron chi connectivity index (χ2n) is 5.42. The molecule has 0 radical (unpaired) electrons. The van der Waals surface area contributed by atoms with Gasteiger partial charge in [0, 0.05) is 0 Å². The van der Waals surface area contributed by atoms with Crippen LogP contribution in [0.25, 0.3) is 0 Å². The van der Waals surface area contributed by atoms with Crippen molar-refractivity contribution in [2.24, 2.45) is 11.3 Å². The number of hydrogen-bond acceptors (Lipinski definition) is 1. The summed E-state index contributed by atoms with van der Waals surface area (Å²) in [6.45, 7) is 10.6. The highest BCUT2D eigenvalue weighted by Gasteiger charge is 2.31. The van der Waals surface area contributed by atoms with Crippen LogP contribution in [0.3, 0.4) is 0 Å². The van der Waals surface area contributed by atoms with E-state index in [1.165, 1.54) is 24.0 Å². The van der Waals surface area contributed by atoms with Crippen LogP contribution in [0.5, 0.6) is 0 Å². The molecule has 1 nitrogen and oxygen atoms in total. The van der Waals surface area contributed by atoms with Crippen LogP contribution in [-0.4, -0.2) is 5.78 Å². The Morgan fingerprint density at radius 3 is 2.47 bits per heavy atom. The van der Waals surface area contributed by atoms with Gasteiger partial charge < -0.3 is 0 Å². The molecule has 0 atom stereocenters. The molecule has 0 amide bonds. The van der Waals surface area contributed by atoms with Crippen LogP contribution in [0.15, 0.2) is 23.3 Å². The summed E-state index contributed by atoms with van der Waals surface area (Å²) in [5, 5.41) is 0. The Labute approximate surface area is 93.3 Å². The van der Waals surface area contributed by atoms with Crippen molar-refractivity contribution in [3.8, 4) is 0 Å². The topological polar surface area (TPSA) is 17.1 Å². The average Bonchev–Trinajstić information content (AvgIpc) is 2.37. The molecular weight excluding hydrogens is 184 g/mol. The molecule has 0 spiro atoms. The zero-order valence-electron chi connectivity index (χ0n) is 10.6. The molecule has 1 heteroatoms. The molecule has 0 N–H and O–H groups in total. The van der Waals surface area contributed by atoms with E-state index in [9.17, 15) is 4.79 Å². The lowest BCUT2D eigenvalue weighted by molar-refractivity contribution is -0.112. The van der Waals surface area contributed by atoms with Gasteiger partial charge in [0.05, 0.1) is 0 Å². The lowest BCUT2D eigenvalue weighted by Crippen LogP contribution is -2.09. The Balaban J connectivity index is 3.04. The maximum atomic E-state index is 11.0. The molecule has 0 unspecified atom stereocenters. The maximum absolute atomic E-state index is 11.0. The van der Waals surface area contributed by atoms with Crippen LogP contribution in [0.1, 0.15) is 47.5 Å². The van der Waals surface area contributed by atoms with E-state index in [0.29, 0.717) is 5.92 Å². The number of rotatable bonds is 3. The largest absolute Gasteiger partial charge is 0.295 e. The van der Waals surface area contributed by atoms with Crippen molar-refractivity contribution in [3.05, 3.63) is 23.3 Å². The zero-order chi connectivity index (χ0) is 11.6. The predicted octanol–water partition coefficient (Wildman–Crippen LogP) is 3.90. The van der Waals surface area contributed by atoms with E-state index in [4.69, 9.17) is 0 Å². The minimum Gasteiger partial charge on any atom is -0.295 e. The van der Waals surface area contributed by atoms with Gasteiger partial charge in [-0.2, -0.15) is 0 Å². The number of hydrogen-bond donors (Lipinski definition) is 0. The predicted molar refractivity (Wildman–Crippen MR) is 64.7 cm³/mol. The average molecular weight is 206 g/mol. The fourth-order valence-corrected chi connectivity index (χ4v) is 2.28. The number of carbonyl (C=O) groups is 1. The first-order valence-electron chi connectivity index (χ1n) is 5.77. The van der Waals surface area contributed by atoms with Crippen molar-refractivity contribution >= 4 is 5.78 Å². The van der Waals surface area contributed by atoms with E-state index in [1.54, 1.807) is 13.0 Å². The summed E-state index contributed by atoms with van der Waals surface area (Å²) >= 11 is 0. The van der Waals surface area contributed by atoms with Crippen LogP contribution in [0.2, 0.25) is 0 Å². The Kier molecular flexibility index (Phi) is 3.54. The molecule has 1 aliphatic rings. The van der Waals surface area contributed by atoms with Crippen molar-refractivity contribution in [2.75, 3.05) is 0 Å². The van der Waals surface area contributed by atoms with E-state index in [1.807, 2.05) is 6.08 Å². The Bertz CT molecular complexity index is 316. The highest BCUT2D eigenvalue weighted by atomic mass is 16.1. The van der Waals surface area contributed by atoms with Crippen molar-refractivity contribution in [1.82, 2.24) is 0 Å². The van der Waals surface area contributed by atoms with E-state index in [-0.39, 0.29) is 11.2 Å². The SMILES string of the molecule is CC(=O)C=CC1=C(C(C)C)CCC1(C)C. The van der Waals surface area contributed by atoms with Gasteiger partial charge in [0.25, 0.3) is 0 Å². The normalized spacial score (nSPS) is 20.7. The summed E-state index contributed by atoms with van der Waals surface area (Å²) in [4.78, 5) is 11.0. The van der Waals surface area contributed by atoms with E-state index in [2.05, 4.69) is 27.7 Å². The fraction of sp³-hybridized carbons (Fsp3) is 0.643. The molecule has 0 fully saturated rings. The summed E-state index contributed by atoms with van der Waals surface area (Å²) in [6, 6.07) is 0. The van der Waals surface area contributed by atoms with Gasteiger partial charge in [-0.15, -0.1) is 0 Å². The highest BCUT2D eigenvalue weighted by molar-refractivity contribution is 5.87. The molecule has 0 aromatic carbocycles. The van der Waals surface area contributed by atoms with Gasteiger partial charge in [0.2, 0.25) is 0 Å². The first-order valence-corrected chi connectivity index (χ1v) is 5.77. The second kappa shape index (κ2) is 4.34. The van der Waals surface area contributed by atoms with Crippen LogP contribution < -0.4 is 0 Å². The quantitative estimate of drug-likeness (QED) is 0.640. The third-order valence-corrected chi connectivity index (χ3v) is 3.28. The van der Waals surface area contributed by atoms with Gasteiger partial charge in [-0.3, -0.25) is 4.79 Å². The van der Waals surface area contributed by atoms with Crippen LogP contribution in [0, 0.1) is 11.3 Å². The second-order valence-corrected chi connectivity index (χ2v) is 5.42. The van der Waals surface area contributed by atoms with E-state index in [0.717, 1.165) is 0 Å². The first-order chi connectivity index (χ1) is 6.84. The van der Waals surface area contributed by atoms with Crippen molar-refractivity contribution in [1.29, 1.82) is 0 Å². The van der Waals surface area contributed by atoms with E-state index >= 15 is 0 Å². The Morgan fingerprint density at radius 1 is 1.40 bits per heavy atom. The number of ketones is 1. The lowest BCUT2D eigenvalue weighted by Gasteiger charge is -2.20. The smallest absolute Gasteiger partial charge is 0.152 e. The summed E-state index contributed by atoms with van der Waals surface area (Å²) in [6.07, 6.45) is 6.12. The van der Waals surface area contributed by atoms with E-state index < -0.39 is 0 Å². The molecule has 0 saturated heterocycles. The van der Waals surface area contributed by atoms with Gasteiger partial charge in [0.15, 0.2) is 5.78 Å². The highest BCUT2D eigenvalue weighted by Crippen LogP contribution is 2.45. The molecule has 0 aromatic rings. The minimum atomic E-state index is 0.133. The number of allylic oxidation sites excluding steroid dienone is 4. The molecule has 0 aliphatic heterocycles. The summed E-state index contributed by atoms with van der Waals surface area (Å²) in [5.74, 6) is 0.728. The molecular formula is C14H22O. The first kappa shape index (κ1) is 12.2. The Hall–Kier alpha value is -0.850. The zero-order valence-corrected chi connectivity index (χ0v) is 10.6. The summed E-state index contributed by atoms with van der Waals surface area (Å²) in [5.41, 5.74) is 3.15. The Morgan fingerprint density at radius 2 is 2.00 bits per heavy atom. The fourth-order valence-electron chi connectivity index (χ4n) is 2.28. The van der Waals surface area contributed by atoms with Crippen molar-refractivity contribution in [3.63, 3.8) is 0 Å². The minimum absolute atomic E-state index is 0.133. The lowest BCUT2D eigenvalue weighted by atomic mass is 9.84. The van der Waals surface area contributed by atoms with Gasteiger partial charge in [-0.1, -0.05) is 39.3 Å². The van der Waals surface area contributed by atoms with Crippen LogP contribution >= 0.6 is 0 Å². The molecule has 0 aromatic heterocycles. The standard InChI is InChI=1S/C14H22O/c1-10(2)12-8-9-14(4,5)13(12)7-6-11(3)15/h6-7,10H,8-9H2,1-5H3. The molecule has 84 valence electrons. The monoisotopic (exact) mass is 206 g/mol. The van der Waals surface area contributed by atoms with Gasteiger partial charge in [-0.25, -0.2) is 0 Å². The summed E-state index contributed by atoms with van der Waals surface area (Å²) in [7, 11) is 0. The maximum Gasteiger partial charge on any atom is 0.152 e. The van der Waals surface area contributed by atoms with Gasteiger partial charge in [-0.05, 0) is 42.7 Å². The van der Waals surface area contributed by atoms with Crippen molar-refractivity contribution < 1.29 is 4.79 Å². The molecule has 1 aliphatic carbocycles. The number of carbonyl (C=O) groups excluding carboxylic acids is 1. The van der Waals surface area contributed by atoms with Crippen molar-refractivity contribution in [2.45, 2.75) is 47.5 Å². The van der Waals surface area contributed by atoms with Crippen LogP contribution in [-0.2, 0) is 4.79 Å². The van der Waals surface area contributed by atoms with Crippen LogP contribution in [0.4, 0.5) is 0 Å². The molecule has 15 heavy (non-hydrogen) atoms. The third-order valence-electron chi connectivity index (χ3n) is 3.28. The molecule has 1 rings (SSSR count). The van der Waals surface area contributed by atoms with Gasteiger partial charge >= 0.3 is 0 Å².